The number of aryl methyl sites for hydroxylation is 1. The summed E-state index contributed by atoms with van der Waals surface area (Å²) in [6, 6.07) is 8.11. The van der Waals surface area contributed by atoms with Gasteiger partial charge in [0.1, 0.15) is 0 Å². The molecule has 0 bridgehead atoms. The van der Waals surface area contributed by atoms with Crippen molar-refractivity contribution < 1.29 is 9.63 Å². The topological polar surface area (TPSA) is 50.7 Å². The summed E-state index contributed by atoms with van der Waals surface area (Å²) in [6.07, 6.45) is 2.45. The molecular formula is C13H15BrN2O2. The Kier molecular flexibility index (Phi) is 4.75. The van der Waals surface area contributed by atoms with Gasteiger partial charge in [-0.25, -0.2) is 4.79 Å². The second-order valence-electron chi connectivity index (χ2n) is 4.04. The molecule has 0 spiro atoms. The summed E-state index contributed by atoms with van der Waals surface area (Å²) >= 11 is 3.22. The first-order chi connectivity index (χ1) is 8.81. The van der Waals surface area contributed by atoms with E-state index < -0.39 is 6.09 Å². The van der Waals surface area contributed by atoms with E-state index in [4.69, 9.17) is 4.84 Å². The molecule has 1 aliphatic rings. The lowest BCUT2D eigenvalue weighted by Crippen LogP contribution is -2.25. The van der Waals surface area contributed by atoms with E-state index in [9.17, 15) is 4.79 Å². The van der Waals surface area contributed by atoms with Gasteiger partial charge in [-0.1, -0.05) is 45.4 Å². The number of nitrogens with zero attached hydrogens (tertiary/aromatic N) is 1. The summed E-state index contributed by atoms with van der Waals surface area (Å²) in [7, 11) is 0. The number of alkyl halides is 1. The molecule has 4 nitrogen and oxygen atoms in total. The molecule has 1 aromatic rings. The first-order valence-corrected chi connectivity index (χ1v) is 7.09. The third kappa shape index (κ3) is 3.32. The van der Waals surface area contributed by atoms with E-state index in [1.807, 2.05) is 18.2 Å². The summed E-state index contributed by atoms with van der Waals surface area (Å²) in [4.78, 5) is 16.2. The van der Waals surface area contributed by atoms with Gasteiger partial charge in [-0.15, -0.1) is 0 Å². The number of fused-ring (bicyclic) bond motifs is 1. The molecule has 1 N–H and O–H groups in total. The van der Waals surface area contributed by atoms with Crippen LogP contribution in [-0.4, -0.2) is 23.7 Å². The van der Waals surface area contributed by atoms with Crippen LogP contribution in [0, 0.1) is 0 Å². The predicted octanol–water partition coefficient (Wildman–Crippen LogP) is 2.85. The van der Waals surface area contributed by atoms with Crippen LogP contribution >= 0.6 is 15.9 Å². The van der Waals surface area contributed by atoms with Crippen molar-refractivity contribution >= 4 is 27.7 Å². The van der Waals surface area contributed by atoms with Crippen LogP contribution in [0.5, 0.6) is 0 Å². The molecule has 0 unspecified atom stereocenters. The third-order valence-corrected chi connectivity index (χ3v) is 3.19. The second kappa shape index (κ2) is 6.54. The number of benzene rings is 1. The van der Waals surface area contributed by atoms with Crippen molar-refractivity contribution in [2.24, 2.45) is 5.16 Å². The summed E-state index contributed by atoms with van der Waals surface area (Å²) in [5.74, 6) is 0. The first-order valence-electron chi connectivity index (χ1n) is 5.97. The Labute approximate surface area is 115 Å². The maximum absolute atomic E-state index is 11.3. The van der Waals surface area contributed by atoms with E-state index in [1.54, 1.807) is 0 Å². The van der Waals surface area contributed by atoms with Gasteiger partial charge < -0.3 is 5.32 Å². The van der Waals surface area contributed by atoms with Gasteiger partial charge in [0.05, 0.1) is 5.71 Å². The fraction of sp³-hybridized carbons (Fsp3) is 0.385. The molecule has 0 heterocycles. The monoisotopic (exact) mass is 310 g/mol. The zero-order chi connectivity index (χ0) is 12.8. The number of carbonyl (C=O) groups excluding carboxylic acids is 1. The minimum absolute atomic E-state index is 0.509. The Morgan fingerprint density at radius 1 is 1.39 bits per heavy atom. The zero-order valence-corrected chi connectivity index (χ0v) is 11.6. The lowest BCUT2D eigenvalue weighted by molar-refractivity contribution is 0.151. The molecule has 0 atom stereocenters. The maximum atomic E-state index is 11.3. The zero-order valence-electron chi connectivity index (χ0n) is 9.99. The smallest absolute Gasteiger partial charge is 0.319 e. The van der Waals surface area contributed by atoms with Gasteiger partial charge >= 0.3 is 6.09 Å². The van der Waals surface area contributed by atoms with Crippen LogP contribution < -0.4 is 5.32 Å². The molecule has 2 rings (SSSR count). The fourth-order valence-electron chi connectivity index (χ4n) is 1.97. The third-order valence-electron chi connectivity index (χ3n) is 2.79. The maximum Gasteiger partial charge on any atom is 0.433 e. The highest BCUT2D eigenvalue weighted by molar-refractivity contribution is 9.09. The Balaban J connectivity index is 2.04. The van der Waals surface area contributed by atoms with Crippen LogP contribution in [0.3, 0.4) is 0 Å². The van der Waals surface area contributed by atoms with E-state index in [1.165, 1.54) is 5.56 Å². The highest BCUT2D eigenvalue weighted by Crippen LogP contribution is 2.21. The number of oxime groups is 1. The number of hydrogen-bond acceptors (Lipinski definition) is 3. The molecule has 1 aromatic carbocycles. The van der Waals surface area contributed by atoms with E-state index in [2.05, 4.69) is 32.5 Å². The molecule has 0 aromatic heterocycles. The van der Waals surface area contributed by atoms with Crippen molar-refractivity contribution in [3.63, 3.8) is 0 Å². The largest absolute Gasteiger partial charge is 0.433 e. The Morgan fingerprint density at radius 2 is 2.22 bits per heavy atom. The summed E-state index contributed by atoms with van der Waals surface area (Å²) < 4.78 is 0. The molecule has 1 amide bonds. The van der Waals surface area contributed by atoms with Gasteiger partial charge in [-0.3, -0.25) is 4.84 Å². The number of rotatable bonds is 3. The number of amides is 1. The van der Waals surface area contributed by atoms with Crippen molar-refractivity contribution in [3.8, 4) is 0 Å². The highest BCUT2D eigenvalue weighted by Gasteiger charge is 2.15. The molecule has 18 heavy (non-hydrogen) atoms. The summed E-state index contributed by atoms with van der Waals surface area (Å²) in [5.41, 5.74) is 3.22. The highest BCUT2D eigenvalue weighted by atomic mass is 79.9. The van der Waals surface area contributed by atoms with E-state index in [0.29, 0.717) is 11.9 Å². The quantitative estimate of drug-likeness (QED) is 0.530. The summed E-state index contributed by atoms with van der Waals surface area (Å²) in [5, 5.41) is 7.24. The molecule has 96 valence electrons. The average Bonchev–Trinajstić information content (AvgIpc) is 2.42. The first kappa shape index (κ1) is 13.1. The van der Waals surface area contributed by atoms with Crippen LogP contribution in [0.25, 0.3) is 0 Å². The van der Waals surface area contributed by atoms with Crippen molar-refractivity contribution in [3.05, 3.63) is 35.4 Å². The molecule has 5 heteroatoms. The van der Waals surface area contributed by atoms with Gasteiger partial charge in [-0.2, -0.15) is 0 Å². The van der Waals surface area contributed by atoms with Crippen LogP contribution in [-0.2, 0) is 11.3 Å². The van der Waals surface area contributed by atoms with Gasteiger partial charge in [0.25, 0.3) is 0 Å². The standard InChI is InChI=1S/C13H15BrN2O2/c14-8-9-15-13(17)18-16-12-7-3-5-10-4-1-2-6-11(10)12/h1-2,4,6H,3,5,7-9H2,(H,15,17)/b16-12-. The van der Waals surface area contributed by atoms with Crippen LogP contribution in [0.2, 0.25) is 0 Å². The van der Waals surface area contributed by atoms with Crippen LogP contribution in [0.1, 0.15) is 24.0 Å². The number of halogens is 1. The SMILES string of the molecule is O=C(NCCBr)O/N=C1/CCCc2ccccc21. The van der Waals surface area contributed by atoms with Crippen LogP contribution in [0.15, 0.2) is 29.4 Å². The second-order valence-corrected chi connectivity index (χ2v) is 4.84. The number of nitrogens with one attached hydrogen (secondary N) is 1. The van der Waals surface area contributed by atoms with Crippen molar-refractivity contribution in [1.29, 1.82) is 0 Å². The summed E-state index contributed by atoms with van der Waals surface area (Å²) in [6.45, 7) is 0.528. The molecule has 0 radical (unpaired) electrons. The average molecular weight is 311 g/mol. The number of hydrogen-bond donors (Lipinski definition) is 1. The van der Waals surface area contributed by atoms with E-state index in [-0.39, 0.29) is 0 Å². The van der Waals surface area contributed by atoms with Crippen LogP contribution in [0.4, 0.5) is 4.79 Å². The molecular weight excluding hydrogens is 296 g/mol. The predicted molar refractivity (Wildman–Crippen MR) is 74.2 cm³/mol. The van der Waals surface area contributed by atoms with Crippen molar-refractivity contribution in [1.82, 2.24) is 5.32 Å². The number of carbonyl (C=O) groups is 1. The molecule has 0 saturated carbocycles. The van der Waals surface area contributed by atoms with E-state index in [0.717, 1.165) is 30.5 Å². The van der Waals surface area contributed by atoms with Gasteiger partial charge in [-0.05, 0) is 24.8 Å². The minimum Gasteiger partial charge on any atom is -0.319 e. The molecule has 0 aliphatic heterocycles. The van der Waals surface area contributed by atoms with Crippen molar-refractivity contribution in [2.75, 3.05) is 11.9 Å². The van der Waals surface area contributed by atoms with Gasteiger partial charge in [0, 0.05) is 17.4 Å². The van der Waals surface area contributed by atoms with E-state index >= 15 is 0 Å². The normalized spacial score (nSPS) is 16.2. The molecule has 1 aliphatic carbocycles. The lowest BCUT2D eigenvalue weighted by Gasteiger charge is -2.16. The minimum atomic E-state index is -0.509. The Hall–Kier alpha value is -1.36. The fourth-order valence-corrected chi connectivity index (χ4v) is 2.17. The molecule has 0 saturated heterocycles. The van der Waals surface area contributed by atoms with Gasteiger partial charge in [0.2, 0.25) is 0 Å². The van der Waals surface area contributed by atoms with Gasteiger partial charge in [0.15, 0.2) is 0 Å². The van der Waals surface area contributed by atoms with Crippen molar-refractivity contribution in [2.45, 2.75) is 19.3 Å². The Bertz CT molecular complexity index is 460. The molecule has 0 fully saturated rings. The lowest BCUT2D eigenvalue weighted by atomic mass is 9.90. The Morgan fingerprint density at radius 3 is 3.06 bits per heavy atom.